The van der Waals surface area contributed by atoms with Crippen LogP contribution < -0.4 is 10.1 Å². The summed E-state index contributed by atoms with van der Waals surface area (Å²) < 4.78 is 11.0. The predicted molar refractivity (Wildman–Crippen MR) is 93.4 cm³/mol. The van der Waals surface area contributed by atoms with Crippen LogP contribution in [0.3, 0.4) is 0 Å². The van der Waals surface area contributed by atoms with Crippen molar-refractivity contribution >= 4 is 11.7 Å². The smallest absolute Gasteiger partial charge is 0.320 e. The summed E-state index contributed by atoms with van der Waals surface area (Å²) >= 11 is 0. The molecule has 0 saturated carbocycles. The second kappa shape index (κ2) is 7.14. The third-order valence-corrected chi connectivity index (χ3v) is 3.47. The molecular formula is C18H20N4O2. The summed E-state index contributed by atoms with van der Waals surface area (Å²) in [5.41, 5.74) is 2.89. The first-order chi connectivity index (χ1) is 11.7. The van der Waals surface area contributed by atoms with Gasteiger partial charge in [-0.3, -0.25) is 0 Å². The quantitative estimate of drug-likeness (QED) is 0.748. The molecule has 0 unspecified atom stereocenters. The zero-order chi connectivity index (χ0) is 16.9. The lowest BCUT2D eigenvalue weighted by atomic mass is 10.1. The molecule has 0 aliphatic rings. The van der Waals surface area contributed by atoms with Gasteiger partial charge >= 0.3 is 6.01 Å². The molecule has 3 rings (SSSR count). The van der Waals surface area contributed by atoms with Gasteiger partial charge in [-0.05, 0) is 43.9 Å². The number of aromatic nitrogens is 2. The van der Waals surface area contributed by atoms with E-state index in [9.17, 15) is 0 Å². The van der Waals surface area contributed by atoms with Gasteiger partial charge in [-0.25, -0.2) is 0 Å². The van der Waals surface area contributed by atoms with Crippen LogP contribution in [0.4, 0.5) is 11.7 Å². The van der Waals surface area contributed by atoms with Gasteiger partial charge in [-0.15, -0.1) is 5.10 Å². The van der Waals surface area contributed by atoms with Crippen molar-refractivity contribution in [1.82, 2.24) is 15.1 Å². The van der Waals surface area contributed by atoms with Gasteiger partial charge in [0, 0.05) is 12.1 Å². The molecule has 0 bridgehead atoms. The van der Waals surface area contributed by atoms with E-state index in [0.717, 1.165) is 17.8 Å². The number of nitrogens with zero attached hydrogens (tertiary/aromatic N) is 3. The summed E-state index contributed by atoms with van der Waals surface area (Å²) in [4.78, 5) is 2.12. The number of hydrogen-bond acceptors (Lipinski definition) is 6. The fraction of sp³-hybridized carbons (Fsp3) is 0.222. The van der Waals surface area contributed by atoms with E-state index in [1.165, 1.54) is 5.56 Å². The lowest BCUT2D eigenvalue weighted by Gasteiger charge is -2.09. The first-order valence-corrected chi connectivity index (χ1v) is 7.63. The number of anilines is 2. The van der Waals surface area contributed by atoms with E-state index in [0.29, 0.717) is 17.7 Å². The van der Waals surface area contributed by atoms with Gasteiger partial charge in [-0.1, -0.05) is 29.4 Å². The molecule has 1 heterocycles. The van der Waals surface area contributed by atoms with Gasteiger partial charge in [0.25, 0.3) is 0 Å². The molecule has 6 nitrogen and oxygen atoms in total. The van der Waals surface area contributed by atoms with Gasteiger partial charge in [0.15, 0.2) is 0 Å². The van der Waals surface area contributed by atoms with Crippen LogP contribution in [0.1, 0.15) is 5.56 Å². The Morgan fingerprint density at radius 1 is 1.04 bits per heavy atom. The molecule has 1 N–H and O–H groups in total. The summed E-state index contributed by atoms with van der Waals surface area (Å²) in [6, 6.07) is 16.0. The highest BCUT2D eigenvalue weighted by molar-refractivity contribution is 5.62. The van der Waals surface area contributed by atoms with Crippen LogP contribution in [0.2, 0.25) is 0 Å². The van der Waals surface area contributed by atoms with Crippen molar-refractivity contribution in [2.45, 2.75) is 6.54 Å². The molecule has 0 aliphatic heterocycles. The van der Waals surface area contributed by atoms with Crippen molar-refractivity contribution in [2.24, 2.45) is 0 Å². The maximum absolute atomic E-state index is 5.69. The number of methoxy groups -OCH3 is 1. The third kappa shape index (κ3) is 3.72. The fourth-order valence-corrected chi connectivity index (χ4v) is 2.37. The number of ether oxygens (including phenoxy) is 1. The first-order valence-electron chi connectivity index (χ1n) is 7.63. The molecule has 1 aromatic heterocycles. The lowest BCUT2D eigenvalue weighted by molar-refractivity contribution is 0.402. The van der Waals surface area contributed by atoms with E-state index in [2.05, 4.69) is 32.5 Å². The Balaban J connectivity index is 1.75. The molecule has 0 aliphatic carbocycles. The Morgan fingerprint density at radius 3 is 2.50 bits per heavy atom. The average molecular weight is 324 g/mol. The minimum absolute atomic E-state index is 0.326. The second-order valence-corrected chi connectivity index (χ2v) is 5.67. The van der Waals surface area contributed by atoms with Crippen LogP contribution in [0.25, 0.3) is 11.5 Å². The average Bonchev–Trinajstić information content (AvgIpc) is 3.04. The second-order valence-electron chi connectivity index (χ2n) is 5.67. The van der Waals surface area contributed by atoms with E-state index in [4.69, 9.17) is 9.15 Å². The summed E-state index contributed by atoms with van der Waals surface area (Å²) in [6.45, 7) is 0.894. The van der Waals surface area contributed by atoms with E-state index in [-0.39, 0.29) is 0 Å². The summed E-state index contributed by atoms with van der Waals surface area (Å²) in [5.74, 6) is 1.19. The Labute approximate surface area is 141 Å². The topological polar surface area (TPSA) is 63.4 Å². The van der Waals surface area contributed by atoms with Gasteiger partial charge in [0.1, 0.15) is 5.75 Å². The van der Waals surface area contributed by atoms with Crippen LogP contribution in [0, 0.1) is 0 Å². The van der Waals surface area contributed by atoms with Crippen molar-refractivity contribution in [1.29, 1.82) is 0 Å². The van der Waals surface area contributed by atoms with Crippen molar-refractivity contribution in [3.8, 4) is 17.2 Å². The lowest BCUT2D eigenvalue weighted by Crippen LogP contribution is -2.10. The summed E-state index contributed by atoms with van der Waals surface area (Å²) in [6.07, 6.45) is 0. The predicted octanol–water partition coefficient (Wildman–Crippen LogP) is 3.55. The molecule has 2 aromatic carbocycles. The molecule has 24 heavy (non-hydrogen) atoms. The Hall–Kier alpha value is -2.86. The highest BCUT2D eigenvalue weighted by atomic mass is 16.5. The van der Waals surface area contributed by atoms with Gasteiger partial charge in [-0.2, -0.15) is 0 Å². The SMILES string of the molecule is COc1ccccc1Nc1nnc(-c2ccc(CN(C)C)cc2)o1. The Morgan fingerprint density at radius 2 is 1.79 bits per heavy atom. The van der Waals surface area contributed by atoms with Crippen LogP contribution in [0.15, 0.2) is 52.9 Å². The number of hydrogen-bond donors (Lipinski definition) is 1. The van der Waals surface area contributed by atoms with Crippen LogP contribution >= 0.6 is 0 Å². The van der Waals surface area contributed by atoms with Crippen molar-refractivity contribution in [3.05, 3.63) is 54.1 Å². The molecule has 3 aromatic rings. The molecule has 0 spiro atoms. The van der Waals surface area contributed by atoms with E-state index in [1.54, 1.807) is 7.11 Å². The minimum Gasteiger partial charge on any atom is -0.495 e. The van der Waals surface area contributed by atoms with Gasteiger partial charge in [0.2, 0.25) is 5.89 Å². The zero-order valence-electron chi connectivity index (χ0n) is 14.0. The van der Waals surface area contributed by atoms with Gasteiger partial charge in [0.05, 0.1) is 12.8 Å². The van der Waals surface area contributed by atoms with Crippen molar-refractivity contribution < 1.29 is 9.15 Å². The fourth-order valence-electron chi connectivity index (χ4n) is 2.37. The molecule has 0 atom stereocenters. The van der Waals surface area contributed by atoms with Crippen molar-refractivity contribution in [2.75, 3.05) is 26.5 Å². The maximum Gasteiger partial charge on any atom is 0.320 e. The number of para-hydroxylation sites is 2. The zero-order valence-corrected chi connectivity index (χ0v) is 14.0. The highest BCUT2D eigenvalue weighted by Crippen LogP contribution is 2.28. The minimum atomic E-state index is 0.326. The van der Waals surface area contributed by atoms with E-state index >= 15 is 0 Å². The number of benzene rings is 2. The highest BCUT2D eigenvalue weighted by Gasteiger charge is 2.10. The van der Waals surface area contributed by atoms with E-state index in [1.807, 2.05) is 50.5 Å². The van der Waals surface area contributed by atoms with Gasteiger partial charge < -0.3 is 19.4 Å². The van der Waals surface area contributed by atoms with Crippen LogP contribution in [0.5, 0.6) is 5.75 Å². The Bertz CT molecular complexity index is 797. The third-order valence-electron chi connectivity index (χ3n) is 3.47. The molecule has 0 saturated heterocycles. The molecule has 0 radical (unpaired) electrons. The molecule has 0 amide bonds. The van der Waals surface area contributed by atoms with E-state index < -0.39 is 0 Å². The largest absolute Gasteiger partial charge is 0.495 e. The molecule has 124 valence electrons. The van der Waals surface area contributed by atoms with Crippen molar-refractivity contribution in [3.63, 3.8) is 0 Å². The number of nitrogens with one attached hydrogen (secondary N) is 1. The molecule has 0 fully saturated rings. The molecular weight excluding hydrogens is 304 g/mol. The first kappa shape index (κ1) is 16.0. The standard InChI is InChI=1S/C18H20N4O2/c1-22(2)12-13-8-10-14(11-9-13)17-20-21-18(24-17)19-15-6-4-5-7-16(15)23-3/h4-11H,12H2,1-3H3,(H,19,21). The summed E-state index contributed by atoms with van der Waals surface area (Å²) in [7, 11) is 5.71. The monoisotopic (exact) mass is 324 g/mol. The Kier molecular flexibility index (Phi) is 4.77. The van der Waals surface area contributed by atoms with Crippen LogP contribution in [-0.2, 0) is 6.54 Å². The number of rotatable bonds is 6. The summed E-state index contributed by atoms with van der Waals surface area (Å²) in [5, 5.41) is 11.2. The normalized spacial score (nSPS) is 10.8. The molecule has 6 heteroatoms. The van der Waals surface area contributed by atoms with Crippen LogP contribution in [-0.4, -0.2) is 36.3 Å². The maximum atomic E-state index is 5.69.